The van der Waals surface area contributed by atoms with Crippen LogP contribution in [0.3, 0.4) is 0 Å². The molecule has 2 aliphatic heterocycles. The summed E-state index contributed by atoms with van der Waals surface area (Å²) in [5.41, 5.74) is -0.753. The monoisotopic (exact) mass is 296 g/mol. The standard InChI is InChI=1S/C15H24N2O4/c18-13-2-1-12-9-16(7-8-17(12)13)10-15(21)5-3-11(4-6-15)14(19)20/h11-12,21H,1-10H2,(H,19,20). The van der Waals surface area contributed by atoms with Gasteiger partial charge in [0.25, 0.3) is 0 Å². The summed E-state index contributed by atoms with van der Waals surface area (Å²) in [7, 11) is 0. The molecule has 0 aromatic carbocycles. The molecule has 21 heavy (non-hydrogen) atoms. The molecule has 3 rings (SSSR count). The van der Waals surface area contributed by atoms with Gasteiger partial charge in [-0.3, -0.25) is 14.5 Å². The molecule has 0 aromatic rings. The van der Waals surface area contributed by atoms with Crippen LogP contribution >= 0.6 is 0 Å². The van der Waals surface area contributed by atoms with Crippen LogP contribution in [0.5, 0.6) is 0 Å². The average Bonchev–Trinajstić information content (AvgIpc) is 2.80. The van der Waals surface area contributed by atoms with Crippen molar-refractivity contribution in [3.8, 4) is 0 Å². The Morgan fingerprint density at radius 1 is 1.24 bits per heavy atom. The van der Waals surface area contributed by atoms with Crippen LogP contribution in [0.1, 0.15) is 38.5 Å². The number of β-amino-alcohol motifs (C(OH)–C–C–N with tert-alkyl or cyclic N) is 1. The molecule has 0 bridgehead atoms. The van der Waals surface area contributed by atoms with Gasteiger partial charge in [0.1, 0.15) is 0 Å². The zero-order valence-electron chi connectivity index (χ0n) is 12.3. The molecule has 118 valence electrons. The highest BCUT2D eigenvalue weighted by atomic mass is 16.4. The highest BCUT2D eigenvalue weighted by molar-refractivity contribution is 5.78. The molecule has 6 heteroatoms. The van der Waals surface area contributed by atoms with Crippen LogP contribution in [0, 0.1) is 5.92 Å². The van der Waals surface area contributed by atoms with Crippen molar-refractivity contribution in [2.45, 2.75) is 50.2 Å². The molecule has 1 atom stereocenters. The molecule has 6 nitrogen and oxygen atoms in total. The summed E-state index contributed by atoms with van der Waals surface area (Å²) in [5.74, 6) is -0.773. The van der Waals surface area contributed by atoms with Crippen molar-refractivity contribution in [2.24, 2.45) is 5.92 Å². The second-order valence-corrected chi connectivity index (χ2v) is 6.85. The first-order chi connectivity index (χ1) is 9.97. The summed E-state index contributed by atoms with van der Waals surface area (Å²) >= 11 is 0. The topological polar surface area (TPSA) is 81.1 Å². The summed E-state index contributed by atoms with van der Waals surface area (Å²) in [5, 5.41) is 19.7. The largest absolute Gasteiger partial charge is 0.481 e. The Morgan fingerprint density at radius 2 is 1.95 bits per heavy atom. The second-order valence-electron chi connectivity index (χ2n) is 6.85. The lowest BCUT2D eigenvalue weighted by Gasteiger charge is -2.43. The number of aliphatic carboxylic acids is 1. The molecule has 2 N–H and O–H groups in total. The SMILES string of the molecule is O=C(O)C1CCC(O)(CN2CCN3C(=O)CCC3C2)CC1. The number of nitrogens with zero attached hydrogens (tertiary/aromatic N) is 2. The minimum Gasteiger partial charge on any atom is -0.481 e. The van der Waals surface area contributed by atoms with Gasteiger partial charge in [-0.2, -0.15) is 0 Å². The minimum atomic E-state index is -0.753. The van der Waals surface area contributed by atoms with Gasteiger partial charge in [0.2, 0.25) is 5.91 Å². The van der Waals surface area contributed by atoms with Crippen LogP contribution < -0.4 is 0 Å². The molecular weight excluding hydrogens is 272 g/mol. The first-order valence-electron chi connectivity index (χ1n) is 7.94. The van der Waals surface area contributed by atoms with E-state index in [4.69, 9.17) is 5.11 Å². The number of hydrogen-bond donors (Lipinski definition) is 2. The van der Waals surface area contributed by atoms with Crippen molar-refractivity contribution in [2.75, 3.05) is 26.2 Å². The molecule has 0 spiro atoms. The summed E-state index contributed by atoms with van der Waals surface area (Å²) < 4.78 is 0. The first-order valence-corrected chi connectivity index (χ1v) is 7.94. The molecule has 3 fully saturated rings. The molecule has 1 saturated carbocycles. The molecule has 2 heterocycles. The van der Waals surface area contributed by atoms with E-state index in [2.05, 4.69) is 4.90 Å². The zero-order valence-corrected chi connectivity index (χ0v) is 12.3. The molecule has 2 saturated heterocycles. The van der Waals surface area contributed by atoms with E-state index in [1.54, 1.807) is 0 Å². The number of amides is 1. The normalized spacial score (nSPS) is 37.6. The maximum Gasteiger partial charge on any atom is 0.306 e. The van der Waals surface area contributed by atoms with Gasteiger partial charge in [-0.15, -0.1) is 0 Å². The van der Waals surface area contributed by atoms with Crippen LogP contribution in [0.2, 0.25) is 0 Å². The minimum absolute atomic E-state index is 0.264. The fourth-order valence-corrected chi connectivity index (χ4v) is 4.05. The van der Waals surface area contributed by atoms with Gasteiger partial charge in [-0.25, -0.2) is 0 Å². The van der Waals surface area contributed by atoms with Gasteiger partial charge in [-0.05, 0) is 32.1 Å². The average molecular weight is 296 g/mol. The number of aliphatic hydroxyl groups is 1. The third-order valence-corrected chi connectivity index (χ3v) is 5.36. The number of piperazine rings is 1. The van der Waals surface area contributed by atoms with Crippen molar-refractivity contribution in [3.63, 3.8) is 0 Å². The molecular formula is C15H24N2O4. The Balaban J connectivity index is 1.53. The number of rotatable bonds is 3. The Bertz CT molecular complexity index is 431. The smallest absolute Gasteiger partial charge is 0.306 e. The van der Waals surface area contributed by atoms with Gasteiger partial charge >= 0.3 is 5.97 Å². The number of carbonyl (C=O) groups excluding carboxylic acids is 1. The third kappa shape index (κ3) is 3.06. The van der Waals surface area contributed by atoms with Crippen molar-refractivity contribution in [1.29, 1.82) is 0 Å². The highest BCUT2D eigenvalue weighted by Gasteiger charge is 2.40. The van der Waals surface area contributed by atoms with E-state index in [9.17, 15) is 14.7 Å². The second kappa shape index (κ2) is 5.57. The molecule has 1 amide bonds. The van der Waals surface area contributed by atoms with Crippen molar-refractivity contribution in [3.05, 3.63) is 0 Å². The van der Waals surface area contributed by atoms with Crippen LogP contribution in [-0.2, 0) is 9.59 Å². The van der Waals surface area contributed by atoms with Crippen LogP contribution in [0.15, 0.2) is 0 Å². The predicted molar refractivity (Wildman–Crippen MR) is 75.7 cm³/mol. The van der Waals surface area contributed by atoms with E-state index in [0.717, 1.165) is 26.1 Å². The predicted octanol–water partition coefficient (Wildman–Crippen LogP) is 0.299. The van der Waals surface area contributed by atoms with Crippen LogP contribution in [-0.4, -0.2) is 69.7 Å². The van der Waals surface area contributed by atoms with Gasteiger partial charge in [0.15, 0.2) is 0 Å². The molecule has 3 aliphatic rings. The zero-order chi connectivity index (χ0) is 15.0. The maximum atomic E-state index is 11.7. The van der Waals surface area contributed by atoms with E-state index < -0.39 is 11.6 Å². The number of carboxylic acid groups (broad SMARTS) is 1. The highest BCUT2D eigenvalue weighted by Crippen LogP contribution is 2.34. The molecule has 1 aliphatic carbocycles. The van der Waals surface area contributed by atoms with Crippen molar-refractivity contribution < 1.29 is 19.8 Å². The number of fused-ring (bicyclic) bond motifs is 1. The summed E-state index contributed by atoms with van der Waals surface area (Å²) in [6.07, 6.45) is 3.83. The molecule has 0 radical (unpaired) electrons. The Kier molecular flexibility index (Phi) is 3.92. The molecule has 0 aromatic heterocycles. The van der Waals surface area contributed by atoms with Gasteiger partial charge in [0, 0.05) is 38.6 Å². The van der Waals surface area contributed by atoms with E-state index in [1.807, 2.05) is 4.90 Å². The van der Waals surface area contributed by atoms with Crippen LogP contribution in [0.4, 0.5) is 0 Å². The number of carbonyl (C=O) groups is 2. The fraction of sp³-hybridized carbons (Fsp3) is 0.867. The van der Waals surface area contributed by atoms with E-state index in [1.165, 1.54) is 0 Å². The quantitative estimate of drug-likeness (QED) is 0.783. The van der Waals surface area contributed by atoms with E-state index >= 15 is 0 Å². The third-order valence-electron chi connectivity index (χ3n) is 5.36. The Hall–Kier alpha value is -1.14. The number of carboxylic acids is 1. The van der Waals surface area contributed by atoms with Gasteiger partial charge in [-0.1, -0.05) is 0 Å². The molecule has 1 unspecified atom stereocenters. The lowest BCUT2D eigenvalue weighted by atomic mass is 9.78. The lowest BCUT2D eigenvalue weighted by molar-refractivity contribution is -0.145. The van der Waals surface area contributed by atoms with Crippen LogP contribution in [0.25, 0.3) is 0 Å². The number of hydrogen-bond acceptors (Lipinski definition) is 4. The van der Waals surface area contributed by atoms with Crippen molar-refractivity contribution in [1.82, 2.24) is 9.80 Å². The van der Waals surface area contributed by atoms with Gasteiger partial charge in [0.05, 0.1) is 11.5 Å². The summed E-state index contributed by atoms with van der Waals surface area (Å²) in [6.45, 7) is 3.03. The Morgan fingerprint density at radius 3 is 2.62 bits per heavy atom. The summed E-state index contributed by atoms with van der Waals surface area (Å²) in [4.78, 5) is 26.9. The fourth-order valence-electron chi connectivity index (χ4n) is 4.05. The Labute approximate surface area is 124 Å². The first kappa shape index (κ1) is 14.8. The summed E-state index contributed by atoms with van der Waals surface area (Å²) in [6, 6.07) is 0.310. The van der Waals surface area contributed by atoms with Gasteiger partial charge < -0.3 is 15.1 Å². The van der Waals surface area contributed by atoms with E-state index in [0.29, 0.717) is 44.7 Å². The lowest BCUT2D eigenvalue weighted by Crippen LogP contribution is -2.56. The van der Waals surface area contributed by atoms with Crippen molar-refractivity contribution >= 4 is 11.9 Å². The van der Waals surface area contributed by atoms with E-state index in [-0.39, 0.29) is 11.8 Å². The maximum absolute atomic E-state index is 11.7.